The lowest BCUT2D eigenvalue weighted by Crippen LogP contribution is -2.29. The molecule has 0 atom stereocenters. The summed E-state index contributed by atoms with van der Waals surface area (Å²) in [7, 11) is 0. The SMILES string of the molecule is C.Fc1ccc2c(-c3cnn(CC4CCNCC4)c3)c[nH]c2c1. The summed E-state index contributed by atoms with van der Waals surface area (Å²) in [5.41, 5.74) is 2.97. The summed E-state index contributed by atoms with van der Waals surface area (Å²) in [4.78, 5) is 3.13. The normalized spacial score (nSPS) is 15.7. The zero-order valence-electron chi connectivity index (χ0n) is 12.3. The second kappa shape index (κ2) is 6.54. The number of rotatable bonds is 3. The fraction of sp³-hybridized carbons (Fsp3) is 0.389. The first-order chi connectivity index (χ1) is 10.8. The number of hydrogen-bond donors (Lipinski definition) is 2. The van der Waals surface area contributed by atoms with Crippen LogP contribution in [-0.2, 0) is 6.54 Å². The van der Waals surface area contributed by atoms with E-state index in [2.05, 4.69) is 21.6 Å². The first-order valence-corrected chi connectivity index (χ1v) is 7.80. The molecule has 0 radical (unpaired) electrons. The van der Waals surface area contributed by atoms with E-state index in [1.807, 2.05) is 23.1 Å². The van der Waals surface area contributed by atoms with Gasteiger partial charge in [0.25, 0.3) is 0 Å². The van der Waals surface area contributed by atoms with E-state index >= 15 is 0 Å². The second-order valence-corrected chi connectivity index (χ2v) is 6.04. The van der Waals surface area contributed by atoms with Crippen molar-refractivity contribution in [2.45, 2.75) is 26.8 Å². The third-order valence-corrected chi connectivity index (χ3v) is 4.49. The number of aromatic nitrogens is 3. The van der Waals surface area contributed by atoms with Gasteiger partial charge in [-0.15, -0.1) is 0 Å². The van der Waals surface area contributed by atoms with Crippen molar-refractivity contribution in [2.24, 2.45) is 5.92 Å². The second-order valence-electron chi connectivity index (χ2n) is 6.04. The van der Waals surface area contributed by atoms with Gasteiger partial charge in [-0.05, 0) is 50.0 Å². The monoisotopic (exact) mass is 314 g/mol. The lowest BCUT2D eigenvalue weighted by molar-refractivity contribution is 0.321. The number of nitrogens with one attached hydrogen (secondary N) is 2. The van der Waals surface area contributed by atoms with Crippen LogP contribution >= 0.6 is 0 Å². The van der Waals surface area contributed by atoms with Gasteiger partial charge in [0, 0.05) is 41.0 Å². The maximum Gasteiger partial charge on any atom is 0.125 e. The summed E-state index contributed by atoms with van der Waals surface area (Å²) in [6.07, 6.45) is 8.33. The number of benzene rings is 1. The number of piperidine rings is 1. The van der Waals surface area contributed by atoms with Crippen molar-refractivity contribution < 1.29 is 4.39 Å². The van der Waals surface area contributed by atoms with Gasteiger partial charge in [0.2, 0.25) is 0 Å². The molecule has 3 aromatic rings. The smallest absolute Gasteiger partial charge is 0.125 e. The minimum atomic E-state index is -0.220. The lowest BCUT2D eigenvalue weighted by atomic mass is 9.98. The van der Waals surface area contributed by atoms with Crippen molar-refractivity contribution in [2.75, 3.05) is 13.1 Å². The van der Waals surface area contributed by atoms with Gasteiger partial charge in [-0.3, -0.25) is 4.68 Å². The van der Waals surface area contributed by atoms with Crippen LogP contribution in [0.25, 0.3) is 22.0 Å². The minimum Gasteiger partial charge on any atom is -0.360 e. The van der Waals surface area contributed by atoms with Crippen LogP contribution in [0.2, 0.25) is 0 Å². The number of H-pyrrole nitrogens is 1. The van der Waals surface area contributed by atoms with E-state index in [-0.39, 0.29) is 13.2 Å². The maximum absolute atomic E-state index is 13.3. The van der Waals surface area contributed by atoms with Crippen LogP contribution in [0.1, 0.15) is 20.3 Å². The van der Waals surface area contributed by atoms with Crippen LogP contribution in [-0.4, -0.2) is 27.9 Å². The third-order valence-electron chi connectivity index (χ3n) is 4.49. The molecule has 122 valence electrons. The van der Waals surface area contributed by atoms with E-state index in [9.17, 15) is 4.39 Å². The molecule has 2 N–H and O–H groups in total. The van der Waals surface area contributed by atoms with Gasteiger partial charge in [0.05, 0.1) is 6.20 Å². The average Bonchev–Trinajstić information content (AvgIpc) is 3.14. The number of halogens is 1. The largest absolute Gasteiger partial charge is 0.360 e. The molecule has 4 rings (SSSR count). The van der Waals surface area contributed by atoms with Crippen LogP contribution in [0.4, 0.5) is 4.39 Å². The molecular weight excluding hydrogens is 291 g/mol. The van der Waals surface area contributed by atoms with Gasteiger partial charge >= 0.3 is 0 Å². The summed E-state index contributed by atoms with van der Waals surface area (Å²) in [6, 6.07) is 4.85. The van der Waals surface area contributed by atoms with Crippen molar-refractivity contribution in [3.8, 4) is 11.1 Å². The Balaban J connectivity index is 0.00000156. The fourth-order valence-corrected chi connectivity index (χ4v) is 3.27. The van der Waals surface area contributed by atoms with E-state index in [1.54, 1.807) is 0 Å². The summed E-state index contributed by atoms with van der Waals surface area (Å²) < 4.78 is 15.3. The standard InChI is InChI=1S/C17H19FN4.CH4/c18-14-1-2-15-16(9-20-17(15)7-14)13-8-21-22(11-13)10-12-3-5-19-6-4-12;/h1-2,7-9,11-12,19-20H,3-6,10H2;1H4. The van der Waals surface area contributed by atoms with Gasteiger partial charge in [-0.1, -0.05) is 7.43 Å². The topological polar surface area (TPSA) is 45.6 Å². The number of aromatic amines is 1. The maximum atomic E-state index is 13.3. The number of nitrogens with zero attached hydrogens (tertiary/aromatic N) is 2. The predicted octanol–water partition coefficient (Wildman–Crippen LogP) is 3.81. The molecule has 3 heterocycles. The highest BCUT2D eigenvalue weighted by atomic mass is 19.1. The van der Waals surface area contributed by atoms with Crippen molar-refractivity contribution >= 4 is 10.9 Å². The Kier molecular flexibility index (Phi) is 4.48. The molecule has 0 unspecified atom stereocenters. The highest BCUT2D eigenvalue weighted by Crippen LogP contribution is 2.29. The van der Waals surface area contributed by atoms with Crippen LogP contribution in [0.5, 0.6) is 0 Å². The molecule has 1 saturated heterocycles. The van der Waals surface area contributed by atoms with Gasteiger partial charge in [0.15, 0.2) is 0 Å². The Morgan fingerprint density at radius 2 is 2.09 bits per heavy atom. The highest BCUT2D eigenvalue weighted by molar-refractivity contribution is 5.95. The highest BCUT2D eigenvalue weighted by Gasteiger charge is 2.15. The molecule has 1 aliphatic heterocycles. The van der Waals surface area contributed by atoms with Gasteiger partial charge in [-0.25, -0.2) is 4.39 Å². The zero-order chi connectivity index (χ0) is 14.9. The molecule has 23 heavy (non-hydrogen) atoms. The Bertz CT molecular complexity index is 783. The van der Waals surface area contributed by atoms with E-state index in [4.69, 9.17) is 0 Å². The van der Waals surface area contributed by atoms with E-state index in [1.165, 1.54) is 25.0 Å². The van der Waals surface area contributed by atoms with Crippen molar-refractivity contribution in [3.05, 3.63) is 42.6 Å². The van der Waals surface area contributed by atoms with Crippen LogP contribution in [0.3, 0.4) is 0 Å². The Labute approximate surface area is 135 Å². The van der Waals surface area contributed by atoms with Crippen LogP contribution < -0.4 is 5.32 Å². The first-order valence-electron chi connectivity index (χ1n) is 7.80. The summed E-state index contributed by atoms with van der Waals surface area (Å²) in [5, 5.41) is 8.92. The van der Waals surface area contributed by atoms with Gasteiger partial charge in [-0.2, -0.15) is 5.10 Å². The van der Waals surface area contributed by atoms with Crippen LogP contribution in [0, 0.1) is 11.7 Å². The van der Waals surface area contributed by atoms with Crippen molar-refractivity contribution in [3.63, 3.8) is 0 Å². The molecule has 2 aromatic heterocycles. The predicted molar refractivity (Wildman–Crippen MR) is 91.8 cm³/mol. The summed E-state index contributed by atoms with van der Waals surface area (Å²) in [5.74, 6) is 0.480. The van der Waals surface area contributed by atoms with E-state index < -0.39 is 0 Å². The van der Waals surface area contributed by atoms with Crippen molar-refractivity contribution in [1.82, 2.24) is 20.1 Å². The molecule has 1 aliphatic rings. The quantitative estimate of drug-likeness (QED) is 0.772. The zero-order valence-corrected chi connectivity index (χ0v) is 12.3. The number of hydrogen-bond acceptors (Lipinski definition) is 2. The molecule has 0 aliphatic carbocycles. The summed E-state index contributed by atoms with van der Waals surface area (Å²) >= 11 is 0. The molecule has 1 aromatic carbocycles. The number of fused-ring (bicyclic) bond motifs is 1. The molecule has 0 amide bonds. The minimum absolute atomic E-state index is 0. The van der Waals surface area contributed by atoms with Crippen LogP contribution in [0.15, 0.2) is 36.8 Å². The Morgan fingerprint density at radius 1 is 1.26 bits per heavy atom. The van der Waals surface area contributed by atoms with Crippen molar-refractivity contribution in [1.29, 1.82) is 0 Å². The molecular formula is C18H23FN4. The molecule has 1 fully saturated rings. The average molecular weight is 314 g/mol. The first kappa shape index (κ1) is 15.7. The van der Waals surface area contributed by atoms with Gasteiger partial charge < -0.3 is 10.3 Å². The molecule has 4 nitrogen and oxygen atoms in total. The molecule has 0 saturated carbocycles. The molecule has 0 spiro atoms. The fourth-order valence-electron chi connectivity index (χ4n) is 3.27. The third kappa shape index (κ3) is 3.15. The molecule has 5 heteroatoms. The molecule has 0 bridgehead atoms. The van der Waals surface area contributed by atoms with E-state index in [0.717, 1.165) is 41.7 Å². The lowest BCUT2D eigenvalue weighted by Gasteiger charge is -2.22. The van der Waals surface area contributed by atoms with E-state index in [0.29, 0.717) is 5.92 Å². The summed E-state index contributed by atoms with van der Waals surface area (Å²) in [6.45, 7) is 3.18. The van der Waals surface area contributed by atoms with Gasteiger partial charge in [0.1, 0.15) is 5.82 Å². The Hall–Kier alpha value is -2.14. The Morgan fingerprint density at radius 3 is 2.91 bits per heavy atom.